The number of fused-ring (bicyclic) bond motifs is 6. The Bertz CT molecular complexity index is 1350. The van der Waals surface area contributed by atoms with Gasteiger partial charge >= 0.3 is 5.97 Å². The van der Waals surface area contributed by atoms with Crippen LogP contribution in [-0.4, -0.2) is 165 Å². The molecule has 57 heavy (non-hydrogen) atoms. The van der Waals surface area contributed by atoms with Gasteiger partial charge in [-0.05, 0) is 94.0 Å². The van der Waals surface area contributed by atoms with Gasteiger partial charge in [0, 0.05) is 19.6 Å². The molecule has 1 aliphatic heterocycles. The molecule has 1 heterocycles. The number of aliphatic hydroxyl groups excluding tert-OH is 13. The summed E-state index contributed by atoms with van der Waals surface area (Å²) in [6.07, 6.45) is -14.7. The van der Waals surface area contributed by atoms with Gasteiger partial charge in [0.15, 0.2) is 11.5 Å². The van der Waals surface area contributed by atoms with Crippen molar-refractivity contribution in [3.05, 3.63) is 23.7 Å². The Morgan fingerprint density at radius 2 is 1.49 bits per heavy atom. The third kappa shape index (κ3) is 10.1. The van der Waals surface area contributed by atoms with Crippen molar-refractivity contribution in [1.82, 2.24) is 0 Å². The molecule has 0 radical (unpaired) electrons. The minimum atomic E-state index is -2.13. The topological polar surface area (TPSA) is 317 Å². The highest BCUT2D eigenvalue weighted by Gasteiger charge is 2.58. The Labute approximate surface area is 332 Å². The van der Waals surface area contributed by atoms with Crippen LogP contribution in [0.2, 0.25) is 0 Å². The molecule has 4 aliphatic carbocycles. The van der Waals surface area contributed by atoms with Gasteiger partial charge in [0.25, 0.3) is 0 Å². The largest absolute Gasteiger partial charge is 0.505 e. The highest BCUT2D eigenvalue weighted by Crippen LogP contribution is 2.61. The maximum atomic E-state index is 13.9. The van der Waals surface area contributed by atoms with E-state index in [4.69, 9.17) is 24.1 Å². The Kier molecular flexibility index (Phi) is 16.8. The normalized spacial score (nSPS) is 38.7. The van der Waals surface area contributed by atoms with E-state index in [-0.39, 0.29) is 24.7 Å². The average molecular weight is 823 g/mol. The van der Waals surface area contributed by atoms with Crippen molar-refractivity contribution in [3.63, 3.8) is 0 Å². The molecule has 0 aromatic carbocycles. The minimum Gasteiger partial charge on any atom is -0.505 e. The maximum absolute atomic E-state index is 13.9. The molecule has 0 aromatic heterocycles. The summed E-state index contributed by atoms with van der Waals surface area (Å²) in [6.45, 7) is 6.44. The van der Waals surface area contributed by atoms with Crippen LogP contribution in [-0.2, 0) is 23.7 Å². The molecule has 13 N–H and O–H groups in total. The lowest BCUT2D eigenvalue weighted by Crippen LogP contribution is -2.59. The number of rotatable bonds is 16. The fourth-order valence-corrected chi connectivity index (χ4v) is 9.76. The summed E-state index contributed by atoms with van der Waals surface area (Å²) in [6, 6.07) is 0. The Balaban J connectivity index is 1.56. The van der Waals surface area contributed by atoms with Gasteiger partial charge in [0.1, 0.15) is 42.7 Å². The van der Waals surface area contributed by atoms with Crippen molar-refractivity contribution in [2.75, 3.05) is 19.8 Å². The Morgan fingerprint density at radius 1 is 0.842 bits per heavy atom. The van der Waals surface area contributed by atoms with E-state index in [1.54, 1.807) is 6.92 Å². The summed E-state index contributed by atoms with van der Waals surface area (Å²) in [5.41, 5.74) is -2.00. The van der Waals surface area contributed by atoms with Gasteiger partial charge < -0.3 is 85.3 Å². The number of carbonyl (C=O) groups excluding carboxylic acids is 1. The predicted octanol–water partition coefficient (Wildman–Crippen LogP) is -1.15. The standard InChI is InChI=1S/C39H66O18/c1-20-7-4-5-8-25-37(2,13-6-14-38(25,3)36(53)56-33(51)29(48)26(45)22(43)11-17-40)21-9-15-39(20,16-10-21)57-34(52)31(50)32(23(44)12-18-41)55-35-30(49)28(47)27(46)24(19-42)54-35/h21-30,33-35,40-52H,1,4-19H2,2-3H3/b32-31-/t21-,22?,23?,24?,25?,26?,27?,28?,29?,30?,33?,34?,35?,37-,38+,39+/m0/s1. The zero-order valence-electron chi connectivity index (χ0n) is 32.9. The van der Waals surface area contributed by atoms with Crippen LogP contribution < -0.4 is 0 Å². The molecule has 4 saturated carbocycles. The summed E-state index contributed by atoms with van der Waals surface area (Å²) in [7, 11) is 0. The van der Waals surface area contributed by atoms with Gasteiger partial charge in [-0.15, -0.1) is 0 Å². The van der Waals surface area contributed by atoms with Crippen LogP contribution in [0.5, 0.6) is 0 Å². The molecule has 0 amide bonds. The van der Waals surface area contributed by atoms with Gasteiger partial charge in [-0.1, -0.05) is 26.3 Å². The lowest BCUT2D eigenvalue weighted by molar-refractivity contribution is -0.295. The first-order valence-electron chi connectivity index (χ1n) is 20.1. The highest BCUT2D eigenvalue weighted by molar-refractivity contribution is 5.77. The van der Waals surface area contributed by atoms with Crippen molar-refractivity contribution in [2.45, 2.75) is 171 Å². The molecule has 18 heteroatoms. The molecule has 0 aromatic rings. The quantitative estimate of drug-likeness (QED) is 0.0378. The van der Waals surface area contributed by atoms with Crippen LogP contribution in [0.3, 0.4) is 0 Å². The van der Waals surface area contributed by atoms with E-state index in [1.165, 1.54) is 0 Å². The molecule has 5 aliphatic rings. The monoisotopic (exact) mass is 822 g/mol. The summed E-state index contributed by atoms with van der Waals surface area (Å²) in [5.74, 6) is -2.65. The van der Waals surface area contributed by atoms with Crippen LogP contribution in [0.25, 0.3) is 0 Å². The lowest BCUT2D eigenvalue weighted by atomic mass is 9.48. The van der Waals surface area contributed by atoms with Crippen LogP contribution in [0.15, 0.2) is 23.7 Å². The molecule has 12 unspecified atom stereocenters. The molecule has 5 fully saturated rings. The van der Waals surface area contributed by atoms with Crippen molar-refractivity contribution in [3.8, 4) is 0 Å². The third-order valence-corrected chi connectivity index (χ3v) is 13.3. The van der Waals surface area contributed by atoms with E-state index in [0.29, 0.717) is 69.8 Å². The zero-order valence-corrected chi connectivity index (χ0v) is 32.9. The van der Waals surface area contributed by atoms with Gasteiger partial charge in [0.2, 0.25) is 18.9 Å². The summed E-state index contributed by atoms with van der Waals surface area (Å²) in [5, 5.41) is 134. The Morgan fingerprint density at radius 3 is 2.11 bits per heavy atom. The van der Waals surface area contributed by atoms with Crippen molar-refractivity contribution in [2.24, 2.45) is 22.7 Å². The first-order chi connectivity index (χ1) is 26.8. The van der Waals surface area contributed by atoms with E-state index in [2.05, 4.69) is 13.5 Å². The van der Waals surface area contributed by atoms with Gasteiger partial charge in [-0.3, -0.25) is 4.79 Å². The van der Waals surface area contributed by atoms with E-state index in [9.17, 15) is 66.1 Å². The van der Waals surface area contributed by atoms with Crippen LogP contribution in [0.4, 0.5) is 0 Å². The smallest absolute Gasteiger partial charge is 0.314 e. The van der Waals surface area contributed by atoms with E-state index in [1.807, 2.05) is 0 Å². The second kappa shape index (κ2) is 20.0. The zero-order chi connectivity index (χ0) is 42.5. The van der Waals surface area contributed by atoms with E-state index >= 15 is 0 Å². The Hall–Kier alpha value is -2.01. The lowest BCUT2D eigenvalue weighted by Gasteiger charge is -2.56. The summed E-state index contributed by atoms with van der Waals surface area (Å²) in [4.78, 5) is 13.9. The fraction of sp³-hybridized carbons (Fsp3) is 0.872. The number of hydrogen-bond donors (Lipinski definition) is 13. The first kappa shape index (κ1) is 47.7. The number of ether oxygens (including phenoxy) is 4. The number of carbonyl (C=O) groups is 1. The van der Waals surface area contributed by atoms with E-state index in [0.717, 1.165) is 6.42 Å². The minimum absolute atomic E-state index is 0.0428. The van der Waals surface area contributed by atoms with Gasteiger partial charge in [-0.2, -0.15) is 0 Å². The van der Waals surface area contributed by atoms with Crippen molar-refractivity contribution in [1.29, 1.82) is 0 Å². The van der Waals surface area contributed by atoms with Crippen molar-refractivity contribution < 1.29 is 90.1 Å². The second-order valence-electron chi connectivity index (χ2n) is 16.9. The maximum Gasteiger partial charge on any atom is 0.314 e. The molecular weight excluding hydrogens is 756 g/mol. The molecule has 18 nitrogen and oxygen atoms in total. The molecule has 2 bridgehead atoms. The highest BCUT2D eigenvalue weighted by atomic mass is 16.7. The average Bonchev–Trinajstić information content (AvgIpc) is 3.21. The van der Waals surface area contributed by atoms with E-state index < -0.39 is 121 Å². The summed E-state index contributed by atoms with van der Waals surface area (Å²) >= 11 is 0. The molecule has 14 atom stereocenters. The number of esters is 1. The number of hydrogen-bond acceptors (Lipinski definition) is 18. The fourth-order valence-electron chi connectivity index (χ4n) is 9.76. The summed E-state index contributed by atoms with van der Waals surface area (Å²) < 4.78 is 22.6. The molecule has 1 saturated heterocycles. The second-order valence-corrected chi connectivity index (χ2v) is 16.9. The third-order valence-electron chi connectivity index (χ3n) is 13.3. The first-order valence-corrected chi connectivity index (χ1v) is 20.1. The van der Waals surface area contributed by atoms with Crippen LogP contribution >= 0.6 is 0 Å². The molecule has 0 spiro atoms. The van der Waals surface area contributed by atoms with Crippen LogP contribution in [0, 0.1) is 22.7 Å². The molecule has 5 rings (SSSR count). The van der Waals surface area contributed by atoms with Gasteiger partial charge in [0.05, 0.1) is 23.7 Å². The molecular formula is C39H66O18. The van der Waals surface area contributed by atoms with Crippen LogP contribution in [0.1, 0.15) is 97.3 Å². The molecule has 330 valence electrons. The predicted molar refractivity (Wildman–Crippen MR) is 197 cm³/mol. The van der Waals surface area contributed by atoms with Gasteiger partial charge in [-0.25, -0.2) is 0 Å². The SMILES string of the molecule is C=C1CCCCC2[C@](C)(C(=O)OC(O)C(O)C(O)C(O)CCO)CCC[C@@]2(C)[C@H]2CC[C@@]1(OC(O)/C(O)=C(/OC1OC(CO)C(O)C(O)C1O)C(O)CCO)CC2. The van der Waals surface area contributed by atoms with Crippen molar-refractivity contribution >= 4 is 5.97 Å². The number of aliphatic hydroxyl groups is 13.